The van der Waals surface area contributed by atoms with Gasteiger partial charge in [-0.05, 0) is 40.2 Å². The van der Waals surface area contributed by atoms with Crippen LogP contribution in [0.3, 0.4) is 0 Å². The summed E-state index contributed by atoms with van der Waals surface area (Å²) >= 11 is 0. The van der Waals surface area contributed by atoms with Gasteiger partial charge < -0.3 is 99.9 Å². The van der Waals surface area contributed by atoms with Crippen LogP contribution in [0.1, 0.15) is 79.1 Å². The fourth-order valence-electron chi connectivity index (χ4n) is 10.0. The SMILES string of the molecule is COC(=O)[C@H]1[C@@H]2C[C@@H](O[C@@H]3O[C@H](C)[C@@H](O)[C@H](N(C)C[C@@]4(O)OC[C@@H](O)[C@@H](O)[C@@H]4O)[C@@H]3O)/C=C/C=C/C=C/C=C/C=C/C=C/C=C\[C@H](C)[C@@H](O)[C@@H](C)[C@H](C)OC(=O)C[C@H](O)C[C@H](O)CC[C@@H](O)[C@H](O)C[C@H](O)C[C@](O)(C[C@@H]1O)O2. The van der Waals surface area contributed by atoms with E-state index in [0.29, 0.717) is 0 Å². The van der Waals surface area contributed by atoms with Gasteiger partial charge in [0.1, 0.15) is 36.4 Å². The minimum Gasteiger partial charge on any atom is -0.469 e. The van der Waals surface area contributed by atoms with Crippen molar-refractivity contribution in [1.29, 1.82) is 0 Å². The van der Waals surface area contributed by atoms with E-state index < -0.39 is 184 Å². The van der Waals surface area contributed by atoms with Crippen molar-refractivity contribution in [2.24, 2.45) is 17.8 Å². The summed E-state index contributed by atoms with van der Waals surface area (Å²) in [5, 5.41) is 154. The molecule has 0 aromatic carbocycles. The predicted molar refractivity (Wildman–Crippen MR) is 279 cm³/mol. The molecule has 14 N–H and O–H groups in total. The van der Waals surface area contributed by atoms with Gasteiger partial charge in [-0.2, -0.15) is 0 Å². The van der Waals surface area contributed by atoms with Crippen molar-refractivity contribution in [1.82, 2.24) is 4.90 Å². The van der Waals surface area contributed by atoms with Gasteiger partial charge in [0.15, 0.2) is 12.1 Å². The molecule has 23 heteroatoms. The Labute approximate surface area is 455 Å². The molecule has 0 amide bonds. The molecule has 0 aromatic heterocycles. The zero-order chi connectivity index (χ0) is 58.1. The highest BCUT2D eigenvalue weighted by Crippen LogP contribution is 2.39. The number of ether oxygens (including phenoxy) is 6. The molecule has 0 unspecified atom stereocenters. The highest BCUT2D eigenvalue weighted by molar-refractivity contribution is 5.74. The van der Waals surface area contributed by atoms with Crippen LogP contribution in [0.2, 0.25) is 0 Å². The summed E-state index contributed by atoms with van der Waals surface area (Å²) in [6, 6.07) is -1.29. The van der Waals surface area contributed by atoms with Gasteiger partial charge >= 0.3 is 11.9 Å². The largest absolute Gasteiger partial charge is 0.469 e. The molecule has 4 rings (SSSR count). The molecule has 444 valence electrons. The molecule has 23 nitrogen and oxygen atoms in total. The zero-order valence-electron chi connectivity index (χ0n) is 45.3. The van der Waals surface area contributed by atoms with Crippen LogP contribution in [-0.2, 0) is 38.0 Å². The van der Waals surface area contributed by atoms with E-state index in [1.165, 1.54) is 24.9 Å². The maximum atomic E-state index is 13.3. The number of likely N-dealkylation sites (N-methyl/N-ethyl adjacent to an activating group) is 1. The Morgan fingerprint density at radius 3 is 1.85 bits per heavy atom. The molecule has 2 bridgehead atoms. The molecule has 3 fully saturated rings. The third kappa shape index (κ3) is 19.8. The van der Waals surface area contributed by atoms with Crippen molar-refractivity contribution < 1.29 is 110 Å². The van der Waals surface area contributed by atoms with E-state index in [2.05, 4.69) is 0 Å². The maximum absolute atomic E-state index is 13.3. The van der Waals surface area contributed by atoms with Gasteiger partial charge in [-0.25, -0.2) is 0 Å². The van der Waals surface area contributed by atoms with E-state index in [1.54, 1.807) is 86.8 Å². The number of carbonyl (C=O) groups is 2. The highest BCUT2D eigenvalue weighted by atomic mass is 16.7. The Bertz CT molecular complexity index is 2050. The van der Waals surface area contributed by atoms with Crippen LogP contribution in [0.15, 0.2) is 85.1 Å². The van der Waals surface area contributed by atoms with E-state index in [0.717, 1.165) is 7.11 Å². The van der Waals surface area contributed by atoms with Gasteiger partial charge in [0, 0.05) is 37.5 Å². The van der Waals surface area contributed by atoms with Crippen LogP contribution in [0, 0.1) is 17.8 Å². The summed E-state index contributed by atoms with van der Waals surface area (Å²) < 4.78 is 34.3. The monoisotopic (exact) mass is 1110 g/mol. The first kappa shape index (κ1) is 66.9. The van der Waals surface area contributed by atoms with E-state index >= 15 is 0 Å². The average molecular weight is 1110 g/mol. The number of aliphatic hydroxyl groups is 14. The number of allylic oxidation sites excluding steroid dienone is 12. The fraction of sp³-hybridized carbons (Fsp3) is 0.709. The summed E-state index contributed by atoms with van der Waals surface area (Å²) in [5.41, 5.74) is 0. The second-order valence-electron chi connectivity index (χ2n) is 21.2. The number of aliphatic hydroxyl groups excluding tert-OH is 12. The second kappa shape index (κ2) is 31.5. The number of hydrogen-bond donors (Lipinski definition) is 14. The lowest BCUT2D eigenvalue weighted by Gasteiger charge is -2.49. The molecule has 0 spiro atoms. The number of carbonyl (C=O) groups excluding carboxylic acids is 2. The number of cyclic esters (lactones) is 1. The molecule has 4 aliphatic rings. The smallest absolute Gasteiger partial charge is 0.313 e. The normalized spacial score (nSPS) is 45.9. The Hall–Kier alpha value is -3.64. The lowest BCUT2D eigenvalue weighted by atomic mass is 9.82. The van der Waals surface area contributed by atoms with Crippen molar-refractivity contribution in [2.45, 2.75) is 201 Å². The summed E-state index contributed by atoms with van der Waals surface area (Å²) in [6.07, 6.45) is -3.31. The number of esters is 2. The first-order chi connectivity index (χ1) is 36.7. The summed E-state index contributed by atoms with van der Waals surface area (Å²) in [7, 11) is 2.47. The predicted octanol–water partition coefficient (Wildman–Crippen LogP) is -1.43. The maximum Gasteiger partial charge on any atom is 0.313 e. The van der Waals surface area contributed by atoms with Crippen LogP contribution in [0.25, 0.3) is 0 Å². The fourth-order valence-corrected chi connectivity index (χ4v) is 10.0. The van der Waals surface area contributed by atoms with Crippen LogP contribution in [0.5, 0.6) is 0 Å². The number of hydrogen-bond acceptors (Lipinski definition) is 23. The molecule has 23 atom stereocenters. The number of rotatable bonds is 6. The van der Waals surface area contributed by atoms with Crippen LogP contribution < -0.4 is 0 Å². The Morgan fingerprint density at radius 2 is 1.24 bits per heavy atom. The third-order valence-corrected chi connectivity index (χ3v) is 14.8. The summed E-state index contributed by atoms with van der Waals surface area (Å²) in [5.74, 6) is -8.73. The molecule has 78 heavy (non-hydrogen) atoms. The van der Waals surface area contributed by atoms with Crippen molar-refractivity contribution in [2.75, 3.05) is 27.3 Å². The molecule has 0 saturated carbocycles. The van der Waals surface area contributed by atoms with Crippen LogP contribution in [0.4, 0.5) is 0 Å². The molecule has 4 aliphatic heterocycles. The summed E-state index contributed by atoms with van der Waals surface area (Å²) in [6.45, 7) is 5.54. The Kier molecular flexibility index (Phi) is 27.0. The minimum atomic E-state index is -2.45. The summed E-state index contributed by atoms with van der Waals surface area (Å²) in [4.78, 5) is 27.3. The third-order valence-electron chi connectivity index (χ3n) is 14.8. The molecule has 0 aromatic rings. The van der Waals surface area contributed by atoms with Crippen LogP contribution in [-0.4, -0.2) is 237 Å². The van der Waals surface area contributed by atoms with Gasteiger partial charge in [-0.15, -0.1) is 0 Å². The van der Waals surface area contributed by atoms with Crippen molar-refractivity contribution in [3.8, 4) is 0 Å². The molecular formula is C55H87NO22. The standard InChI is InChI=1S/C55H87NO22/c1-31-19-17-15-13-11-9-7-8-10-12-14-16-18-20-38(77-53-50(68)46(48(66)34(4)76-53)56(5)30-55(72)51(69)49(67)42(63)29-74-55)26-43-45(52(70)73-6)41(62)28-54(71,78-43)27-37(59)24-40(61)39(60)22-21-35(57)23-36(58)25-44(64)75-33(3)32(2)47(31)65/h7-20,31-43,45-51,53,57-63,65-69,71-72H,21-30H2,1-6H3/b8-7+,11-9+,12-10+,15-13+,16-14+,19-17-,20-18+/t31-,32-,33-,34+,35+,36+,37-,38-,39+,40+,41-,42+,43-,45+,46-,47+,48+,49+,50-,51-,53-,54+,55+/m0/s1. The first-order valence-electron chi connectivity index (χ1n) is 26.6. The first-order valence-corrected chi connectivity index (χ1v) is 26.6. The van der Waals surface area contributed by atoms with Gasteiger partial charge in [-0.1, -0.05) is 98.9 Å². The van der Waals surface area contributed by atoms with Crippen molar-refractivity contribution in [3.05, 3.63) is 85.1 Å². The van der Waals surface area contributed by atoms with Gasteiger partial charge in [-0.3, -0.25) is 14.5 Å². The van der Waals surface area contributed by atoms with Gasteiger partial charge in [0.2, 0.25) is 5.79 Å². The Morgan fingerprint density at radius 1 is 0.654 bits per heavy atom. The molecule has 0 aliphatic carbocycles. The lowest BCUT2D eigenvalue weighted by Crippen LogP contribution is -2.69. The van der Waals surface area contributed by atoms with E-state index in [4.69, 9.17) is 28.4 Å². The highest BCUT2D eigenvalue weighted by Gasteiger charge is 2.54. The molecule has 0 radical (unpaired) electrons. The molecule has 3 saturated heterocycles. The minimum absolute atomic E-state index is 0.132. The zero-order valence-corrected chi connectivity index (χ0v) is 45.3. The van der Waals surface area contributed by atoms with Crippen LogP contribution >= 0.6 is 0 Å². The number of methoxy groups -OCH3 is 1. The van der Waals surface area contributed by atoms with Crippen molar-refractivity contribution in [3.63, 3.8) is 0 Å². The number of nitrogens with zero attached hydrogens (tertiary/aromatic N) is 1. The van der Waals surface area contributed by atoms with Gasteiger partial charge in [0.05, 0.1) is 99.9 Å². The topological polar surface area (TPSA) is 376 Å². The Balaban J connectivity index is 1.63. The van der Waals surface area contributed by atoms with E-state index in [1.807, 2.05) is 13.0 Å². The van der Waals surface area contributed by atoms with E-state index in [9.17, 15) is 81.1 Å². The quantitative estimate of drug-likeness (QED) is 0.136. The number of fused-ring (bicyclic) bond motifs is 2. The van der Waals surface area contributed by atoms with Gasteiger partial charge in [0.25, 0.3) is 0 Å². The molecular weight excluding hydrogens is 1030 g/mol. The average Bonchev–Trinajstić information content (AvgIpc) is 3.42. The second-order valence-corrected chi connectivity index (χ2v) is 21.2. The molecule has 4 heterocycles. The van der Waals surface area contributed by atoms with Crippen molar-refractivity contribution >= 4 is 11.9 Å². The van der Waals surface area contributed by atoms with E-state index in [-0.39, 0.29) is 31.6 Å². The lowest BCUT2D eigenvalue weighted by molar-refractivity contribution is -0.335.